The Bertz CT molecular complexity index is 1610. The van der Waals surface area contributed by atoms with Crippen LogP contribution in [0.15, 0.2) is 71.6 Å². The Labute approximate surface area is 238 Å². The van der Waals surface area contributed by atoms with Crippen molar-refractivity contribution in [2.24, 2.45) is 0 Å². The minimum Gasteiger partial charge on any atom is -0.449 e. The van der Waals surface area contributed by atoms with Gasteiger partial charge in [-0.3, -0.25) is 19.3 Å². The molecule has 0 saturated carbocycles. The average molecular weight is 581 g/mol. The topological polar surface area (TPSA) is 110 Å². The molecule has 1 amide bonds. The van der Waals surface area contributed by atoms with Gasteiger partial charge in [0.2, 0.25) is 5.91 Å². The smallest absolute Gasteiger partial charge is 0.322 e. The molecule has 10 heteroatoms. The Balaban J connectivity index is 1.37. The molecule has 208 valence electrons. The van der Waals surface area contributed by atoms with Crippen LogP contribution in [-0.2, 0) is 29.0 Å². The molecule has 2 aliphatic heterocycles. The normalized spacial score (nSPS) is 21.4. The Kier molecular flexibility index (Phi) is 7.56. The number of hydrogen-bond donors (Lipinski definition) is 1. The van der Waals surface area contributed by atoms with Crippen molar-refractivity contribution in [3.05, 3.63) is 82.9 Å². The van der Waals surface area contributed by atoms with E-state index in [-0.39, 0.29) is 34.7 Å². The fraction of sp³-hybridized carbons (Fsp3) is 0.300. The lowest BCUT2D eigenvalue weighted by atomic mass is 9.81. The highest BCUT2D eigenvalue weighted by atomic mass is 35.5. The summed E-state index contributed by atoms with van der Waals surface area (Å²) in [6.07, 6.45) is 2.12. The Morgan fingerprint density at radius 2 is 1.85 bits per heavy atom. The molecule has 3 aromatic carbocycles. The van der Waals surface area contributed by atoms with Gasteiger partial charge in [0.05, 0.1) is 11.4 Å². The van der Waals surface area contributed by atoms with Crippen LogP contribution in [-0.4, -0.2) is 62.5 Å². The number of rotatable bonds is 6. The van der Waals surface area contributed by atoms with Crippen LogP contribution < -0.4 is 5.32 Å². The number of hydrogen-bond acceptors (Lipinski definition) is 7. The third-order valence-corrected chi connectivity index (χ3v) is 8.86. The quantitative estimate of drug-likeness (QED) is 0.340. The SMILES string of the molecule is Cc1cc(-c2cccc(S(C)(=O)=O)c2)c(Cl)cc1C1C(=O)OC2(CCCN(CC(=O)Nc3ccccc3)C2)C1=O. The lowest BCUT2D eigenvalue weighted by Crippen LogP contribution is -2.53. The van der Waals surface area contributed by atoms with Gasteiger partial charge in [-0.25, -0.2) is 8.42 Å². The number of esters is 1. The Hall–Kier alpha value is -3.53. The number of Topliss-reactive ketones (excluding diaryl/α,β-unsaturated/α-hetero) is 1. The van der Waals surface area contributed by atoms with E-state index < -0.39 is 27.3 Å². The van der Waals surface area contributed by atoms with E-state index >= 15 is 0 Å². The largest absolute Gasteiger partial charge is 0.449 e. The molecule has 2 aliphatic rings. The number of aryl methyl sites for hydroxylation is 1. The lowest BCUT2D eigenvalue weighted by Gasteiger charge is -2.37. The molecule has 2 heterocycles. The summed E-state index contributed by atoms with van der Waals surface area (Å²) in [6.45, 7) is 2.59. The second-order valence-electron chi connectivity index (χ2n) is 10.4. The van der Waals surface area contributed by atoms with Gasteiger partial charge < -0.3 is 10.1 Å². The summed E-state index contributed by atoms with van der Waals surface area (Å²) in [7, 11) is -3.41. The number of nitrogens with zero attached hydrogens (tertiary/aromatic N) is 1. The second-order valence-corrected chi connectivity index (χ2v) is 12.9. The van der Waals surface area contributed by atoms with Crippen molar-refractivity contribution >= 4 is 44.8 Å². The fourth-order valence-corrected chi connectivity index (χ4v) is 6.46. The lowest BCUT2D eigenvalue weighted by molar-refractivity contribution is -0.157. The number of ketones is 1. The van der Waals surface area contributed by atoms with Crippen LogP contribution in [0.25, 0.3) is 11.1 Å². The number of anilines is 1. The number of piperidine rings is 1. The summed E-state index contributed by atoms with van der Waals surface area (Å²) in [6, 6.07) is 18.9. The van der Waals surface area contributed by atoms with E-state index in [9.17, 15) is 22.8 Å². The van der Waals surface area contributed by atoms with Crippen LogP contribution in [0.3, 0.4) is 0 Å². The maximum Gasteiger partial charge on any atom is 0.322 e. The van der Waals surface area contributed by atoms with Gasteiger partial charge in [0.1, 0.15) is 5.92 Å². The number of ether oxygens (including phenoxy) is 1. The molecule has 0 aliphatic carbocycles. The van der Waals surface area contributed by atoms with Gasteiger partial charge in [-0.1, -0.05) is 41.9 Å². The van der Waals surface area contributed by atoms with Gasteiger partial charge in [0.15, 0.2) is 21.2 Å². The molecular formula is C30H29ClN2O6S. The van der Waals surface area contributed by atoms with Crippen LogP contribution in [0.2, 0.25) is 5.02 Å². The highest BCUT2D eigenvalue weighted by Crippen LogP contribution is 2.43. The molecule has 1 spiro atoms. The zero-order valence-corrected chi connectivity index (χ0v) is 23.7. The molecule has 2 atom stereocenters. The summed E-state index contributed by atoms with van der Waals surface area (Å²) >= 11 is 6.64. The van der Waals surface area contributed by atoms with Gasteiger partial charge in [-0.2, -0.15) is 0 Å². The van der Waals surface area contributed by atoms with Crippen LogP contribution in [0.1, 0.15) is 29.9 Å². The molecule has 2 unspecified atom stereocenters. The van der Waals surface area contributed by atoms with Crippen molar-refractivity contribution < 1.29 is 27.5 Å². The molecule has 8 nitrogen and oxygen atoms in total. The summed E-state index contributed by atoms with van der Waals surface area (Å²) in [5.41, 5.74) is 1.67. The Morgan fingerprint density at radius 3 is 2.58 bits per heavy atom. The van der Waals surface area contributed by atoms with Crippen LogP contribution in [0.5, 0.6) is 0 Å². The molecular weight excluding hydrogens is 552 g/mol. The summed E-state index contributed by atoms with van der Waals surface area (Å²) in [5, 5.41) is 3.13. The number of carbonyl (C=O) groups is 3. The molecule has 2 fully saturated rings. The fourth-order valence-electron chi connectivity index (χ4n) is 5.52. The minimum atomic E-state index is -3.41. The van der Waals surface area contributed by atoms with Crippen molar-refractivity contribution in [2.75, 3.05) is 31.2 Å². The Morgan fingerprint density at radius 1 is 1.10 bits per heavy atom. The number of nitrogens with one attached hydrogen (secondary N) is 1. The van der Waals surface area contributed by atoms with Gasteiger partial charge in [-0.15, -0.1) is 0 Å². The van der Waals surface area contributed by atoms with Gasteiger partial charge in [0, 0.05) is 29.1 Å². The third kappa shape index (κ3) is 5.54. The maximum absolute atomic E-state index is 13.8. The standard InChI is InChI=1S/C30H29ClN2O6S/c1-19-14-24(20-8-6-11-22(15-20)40(2,37)38)25(31)16-23(19)27-28(35)30(39-29(27)36)12-7-13-33(18-30)17-26(34)32-21-9-4-3-5-10-21/h3-6,8-11,14-16,27H,7,12-13,17-18H2,1-2H3,(H,32,34). The zero-order valence-electron chi connectivity index (χ0n) is 22.1. The highest BCUT2D eigenvalue weighted by Gasteiger charge is 2.57. The molecule has 0 bridgehead atoms. The number of amides is 1. The molecule has 0 radical (unpaired) electrons. The molecule has 2 saturated heterocycles. The molecule has 40 heavy (non-hydrogen) atoms. The van der Waals surface area contributed by atoms with E-state index in [1.54, 1.807) is 49.4 Å². The van der Waals surface area contributed by atoms with Gasteiger partial charge in [0.25, 0.3) is 0 Å². The first-order valence-electron chi connectivity index (χ1n) is 12.9. The average Bonchev–Trinajstić information content (AvgIpc) is 3.13. The maximum atomic E-state index is 13.8. The third-order valence-electron chi connectivity index (χ3n) is 7.44. The zero-order chi connectivity index (χ0) is 28.7. The van der Waals surface area contributed by atoms with Crippen molar-refractivity contribution in [1.82, 2.24) is 4.90 Å². The summed E-state index contributed by atoms with van der Waals surface area (Å²) in [5.74, 6) is -2.31. The number of halogens is 1. The first-order chi connectivity index (χ1) is 19.0. The van der Waals surface area contributed by atoms with E-state index in [1.165, 1.54) is 6.07 Å². The monoisotopic (exact) mass is 580 g/mol. The van der Waals surface area contributed by atoms with E-state index in [0.29, 0.717) is 47.3 Å². The van der Waals surface area contributed by atoms with E-state index in [0.717, 1.165) is 6.26 Å². The number of sulfone groups is 1. The van der Waals surface area contributed by atoms with Crippen molar-refractivity contribution in [2.45, 2.75) is 36.2 Å². The van der Waals surface area contributed by atoms with Crippen molar-refractivity contribution in [3.63, 3.8) is 0 Å². The minimum absolute atomic E-state index is 0.0677. The first kappa shape index (κ1) is 28.0. The highest BCUT2D eigenvalue weighted by molar-refractivity contribution is 7.90. The number of carbonyl (C=O) groups excluding carboxylic acids is 3. The molecule has 0 aromatic heterocycles. The summed E-state index contributed by atoms with van der Waals surface area (Å²) < 4.78 is 29.9. The van der Waals surface area contributed by atoms with Gasteiger partial charge in [-0.05, 0) is 79.4 Å². The predicted octanol–water partition coefficient (Wildman–Crippen LogP) is 4.40. The van der Waals surface area contributed by atoms with Crippen LogP contribution >= 0.6 is 11.6 Å². The number of benzene rings is 3. The van der Waals surface area contributed by atoms with Crippen molar-refractivity contribution in [3.8, 4) is 11.1 Å². The number of likely N-dealkylation sites (tertiary alicyclic amines) is 1. The number of para-hydroxylation sites is 1. The van der Waals surface area contributed by atoms with Crippen molar-refractivity contribution in [1.29, 1.82) is 0 Å². The first-order valence-corrected chi connectivity index (χ1v) is 15.2. The van der Waals surface area contributed by atoms with E-state index in [1.807, 2.05) is 23.1 Å². The van der Waals surface area contributed by atoms with E-state index in [4.69, 9.17) is 16.3 Å². The second kappa shape index (κ2) is 10.8. The molecule has 5 rings (SSSR count). The molecule has 3 aromatic rings. The van der Waals surface area contributed by atoms with Crippen LogP contribution in [0, 0.1) is 6.92 Å². The summed E-state index contributed by atoms with van der Waals surface area (Å²) in [4.78, 5) is 41.6. The predicted molar refractivity (Wildman–Crippen MR) is 152 cm³/mol. The van der Waals surface area contributed by atoms with Crippen LogP contribution in [0.4, 0.5) is 5.69 Å². The molecule has 1 N–H and O–H groups in total. The van der Waals surface area contributed by atoms with E-state index in [2.05, 4.69) is 5.32 Å². The van der Waals surface area contributed by atoms with Gasteiger partial charge >= 0.3 is 5.97 Å².